The molecule has 0 spiro atoms. The number of aryl methyl sites for hydroxylation is 2. The van der Waals surface area contributed by atoms with E-state index in [2.05, 4.69) is 12.2 Å². The number of carbonyl (C=O) groups excluding carboxylic acids is 3. The Balaban J connectivity index is 1.64. The Labute approximate surface area is 173 Å². The van der Waals surface area contributed by atoms with Crippen molar-refractivity contribution in [1.82, 2.24) is 0 Å². The van der Waals surface area contributed by atoms with Crippen molar-refractivity contribution >= 4 is 34.7 Å². The number of nitrogens with one attached hydrogen (secondary N) is 1. The summed E-state index contributed by atoms with van der Waals surface area (Å²) in [7, 11) is 0. The molecule has 1 aromatic carbocycles. The molecule has 1 aliphatic heterocycles. The van der Waals surface area contributed by atoms with Gasteiger partial charge in [0, 0.05) is 16.5 Å². The van der Waals surface area contributed by atoms with Crippen molar-refractivity contribution in [2.45, 2.75) is 40.0 Å². The van der Waals surface area contributed by atoms with Crippen LogP contribution in [0.3, 0.4) is 0 Å². The van der Waals surface area contributed by atoms with Crippen molar-refractivity contribution in [2.75, 3.05) is 18.7 Å². The summed E-state index contributed by atoms with van der Waals surface area (Å²) >= 11 is 1.41. The molecule has 0 fully saturated rings. The number of carbonyl (C=O) groups is 3. The number of esters is 1. The first-order chi connectivity index (χ1) is 13.9. The molecule has 7 nitrogen and oxygen atoms in total. The van der Waals surface area contributed by atoms with Crippen LogP contribution in [0, 0.1) is 0 Å². The van der Waals surface area contributed by atoms with E-state index in [4.69, 9.17) is 14.2 Å². The molecule has 0 radical (unpaired) electrons. The van der Waals surface area contributed by atoms with Crippen LogP contribution < -0.4 is 14.8 Å². The second-order valence-electron chi connectivity index (χ2n) is 6.59. The van der Waals surface area contributed by atoms with Crippen LogP contribution in [0.1, 0.15) is 57.7 Å². The maximum Gasteiger partial charge on any atom is 0.348 e. The number of rotatable bonds is 8. The predicted molar refractivity (Wildman–Crippen MR) is 109 cm³/mol. The van der Waals surface area contributed by atoms with Crippen LogP contribution in [0.15, 0.2) is 18.2 Å². The maximum absolute atomic E-state index is 12.3. The Kier molecular flexibility index (Phi) is 6.53. The average molecular weight is 417 g/mol. The van der Waals surface area contributed by atoms with Crippen molar-refractivity contribution in [1.29, 1.82) is 0 Å². The fraction of sp³-hybridized carbons (Fsp3) is 0.381. The Morgan fingerprint density at radius 1 is 1.14 bits per heavy atom. The summed E-state index contributed by atoms with van der Waals surface area (Å²) in [6, 6.07) is 4.89. The molecule has 0 atom stereocenters. The molecule has 154 valence electrons. The summed E-state index contributed by atoms with van der Waals surface area (Å²) in [4.78, 5) is 38.2. The quantitative estimate of drug-likeness (QED) is 0.516. The highest BCUT2D eigenvalue weighted by Gasteiger charge is 2.21. The minimum Gasteiger partial charge on any atom is -0.454 e. The van der Waals surface area contributed by atoms with E-state index in [-0.39, 0.29) is 18.3 Å². The molecule has 0 bridgehead atoms. The molecular formula is C21H23NO6S. The Bertz CT molecular complexity index is 949. The van der Waals surface area contributed by atoms with Crippen molar-refractivity contribution in [3.05, 3.63) is 39.1 Å². The lowest BCUT2D eigenvalue weighted by Crippen LogP contribution is -2.21. The molecule has 3 rings (SSSR count). The summed E-state index contributed by atoms with van der Waals surface area (Å²) in [6.07, 6.45) is 2.76. The summed E-state index contributed by atoms with van der Waals surface area (Å²) in [5.74, 6) is -0.409. The number of anilines is 1. The lowest BCUT2D eigenvalue weighted by molar-refractivity contribution is -0.119. The lowest BCUT2D eigenvalue weighted by atomic mass is 10.1. The van der Waals surface area contributed by atoms with Crippen molar-refractivity contribution < 1.29 is 28.6 Å². The highest BCUT2D eigenvalue weighted by atomic mass is 32.1. The highest BCUT2D eigenvalue weighted by Crippen LogP contribution is 2.37. The zero-order chi connectivity index (χ0) is 21.0. The Hall–Kier alpha value is -2.87. The normalized spacial score (nSPS) is 12.0. The van der Waals surface area contributed by atoms with Crippen LogP contribution in [0.2, 0.25) is 0 Å². The third-order valence-corrected chi connectivity index (χ3v) is 5.67. The third kappa shape index (κ3) is 4.76. The molecule has 0 aliphatic carbocycles. The molecule has 1 amide bonds. The lowest BCUT2D eigenvalue weighted by Gasteiger charge is -2.10. The minimum absolute atomic E-state index is 0.0578. The van der Waals surface area contributed by atoms with Crippen LogP contribution in [0.4, 0.5) is 5.69 Å². The van der Waals surface area contributed by atoms with E-state index < -0.39 is 18.5 Å². The molecular weight excluding hydrogens is 394 g/mol. The zero-order valence-corrected chi connectivity index (χ0v) is 17.4. The van der Waals surface area contributed by atoms with Gasteiger partial charge in [-0.3, -0.25) is 9.59 Å². The molecule has 0 saturated carbocycles. The van der Waals surface area contributed by atoms with Crippen LogP contribution in [0.25, 0.3) is 0 Å². The molecule has 1 aliphatic rings. The second kappa shape index (κ2) is 9.09. The van der Waals surface area contributed by atoms with E-state index in [9.17, 15) is 14.4 Å². The van der Waals surface area contributed by atoms with Gasteiger partial charge in [-0.1, -0.05) is 20.3 Å². The molecule has 0 saturated heterocycles. The van der Waals surface area contributed by atoms with Crippen molar-refractivity contribution in [2.24, 2.45) is 0 Å². The van der Waals surface area contributed by atoms with Gasteiger partial charge in [0.05, 0.1) is 5.69 Å². The molecule has 8 heteroatoms. The smallest absolute Gasteiger partial charge is 0.348 e. The van der Waals surface area contributed by atoms with Gasteiger partial charge in [-0.05, 0) is 37.5 Å². The van der Waals surface area contributed by atoms with Crippen molar-refractivity contribution in [3.63, 3.8) is 0 Å². The molecule has 1 N–H and O–H groups in total. The van der Waals surface area contributed by atoms with Crippen molar-refractivity contribution in [3.8, 4) is 11.5 Å². The second-order valence-corrected chi connectivity index (χ2v) is 7.73. The summed E-state index contributed by atoms with van der Waals surface area (Å²) < 4.78 is 15.7. The number of ether oxygens (including phenoxy) is 3. The van der Waals surface area contributed by atoms with Gasteiger partial charge in [-0.2, -0.15) is 0 Å². The van der Waals surface area contributed by atoms with E-state index in [0.29, 0.717) is 21.9 Å². The Morgan fingerprint density at radius 3 is 2.52 bits per heavy atom. The fourth-order valence-electron chi connectivity index (χ4n) is 3.03. The molecule has 0 unspecified atom stereocenters. The number of thiophene rings is 1. The number of amides is 1. The SMILES string of the molecule is CCCc1sc(C(=O)OCC(=O)Nc2cc3c(cc2C(C)=O)OCO3)cc1CC. The zero-order valence-electron chi connectivity index (χ0n) is 16.6. The van der Waals surface area contributed by atoms with Gasteiger partial charge in [0.1, 0.15) is 4.88 Å². The summed E-state index contributed by atoms with van der Waals surface area (Å²) in [6.45, 7) is 5.13. The number of fused-ring (bicyclic) bond motifs is 1. The number of Topliss-reactive ketones (excluding diaryl/α,β-unsaturated/α-hetero) is 1. The monoisotopic (exact) mass is 417 g/mol. The van der Waals surface area contributed by atoms with E-state index in [1.54, 1.807) is 0 Å². The van der Waals surface area contributed by atoms with Gasteiger partial charge in [-0.25, -0.2) is 4.79 Å². The fourth-order valence-corrected chi connectivity index (χ4v) is 4.28. The molecule has 2 heterocycles. The molecule has 29 heavy (non-hydrogen) atoms. The van der Waals surface area contributed by atoms with Gasteiger partial charge in [0.2, 0.25) is 6.79 Å². The standard InChI is InChI=1S/C21H23NO6S/c1-4-6-18-13(5-2)7-19(29-18)21(25)26-10-20(24)22-15-9-17-16(27-11-28-17)8-14(15)12(3)23/h7-9H,4-6,10-11H2,1-3H3,(H,22,24). The summed E-state index contributed by atoms with van der Waals surface area (Å²) in [5.41, 5.74) is 1.72. The predicted octanol–water partition coefficient (Wildman–Crippen LogP) is 3.99. The number of hydrogen-bond donors (Lipinski definition) is 1. The first kappa shape index (κ1) is 20.9. The van der Waals surface area contributed by atoms with Crippen LogP contribution in [-0.2, 0) is 22.4 Å². The van der Waals surface area contributed by atoms with Gasteiger partial charge in [0.25, 0.3) is 5.91 Å². The number of benzene rings is 1. The molecule has 1 aromatic heterocycles. The van der Waals surface area contributed by atoms with E-state index in [0.717, 1.165) is 24.8 Å². The maximum atomic E-state index is 12.3. The van der Waals surface area contributed by atoms with Gasteiger partial charge < -0.3 is 19.5 Å². The first-order valence-corrected chi connectivity index (χ1v) is 10.3. The van der Waals surface area contributed by atoms with E-state index >= 15 is 0 Å². The topological polar surface area (TPSA) is 90.9 Å². The van der Waals surface area contributed by atoms with E-state index in [1.165, 1.54) is 35.3 Å². The van der Waals surface area contributed by atoms with Crippen LogP contribution in [0.5, 0.6) is 11.5 Å². The molecule has 2 aromatic rings. The summed E-state index contributed by atoms with van der Waals surface area (Å²) in [5, 5.41) is 2.61. The third-order valence-electron chi connectivity index (χ3n) is 4.46. The van der Waals surface area contributed by atoms with E-state index in [1.807, 2.05) is 13.0 Å². The van der Waals surface area contributed by atoms with Gasteiger partial charge >= 0.3 is 5.97 Å². The Morgan fingerprint density at radius 2 is 1.86 bits per heavy atom. The van der Waals surface area contributed by atoms with Crippen LogP contribution >= 0.6 is 11.3 Å². The van der Waals surface area contributed by atoms with Gasteiger partial charge in [0.15, 0.2) is 23.9 Å². The highest BCUT2D eigenvalue weighted by molar-refractivity contribution is 7.14. The van der Waals surface area contributed by atoms with Gasteiger partial charge in [-0.15, -0.1) is 11.3 Å². The van der Waals surface area contributed by atoms with Crippen LogP contribution in [-0.4, -0.2) is 31.1 Å². The number of ketones is 1. The first-order valence-electron chi connectivity index (χ1n) is 9.46. The minimum atomic E-state index is -0.541. The largest absolute Gasteiger partial charge is 0.454 e. The number of hydrogen-bond acceptors (Lipinski definition) is 7. The average Bonchev–Trinajstić information content (AvgIpc) is 3.31.